The predicted octanol–water partition coefficient (Wildman–Crippen LogP) is 5.00. The molecule has 128 valence electrons. The van der Waals surface area contributed by atoms with E-state index in [2.05, 4.69) is 10.6 Å². The van der Waals surface area contributed by atoms with Gasteiger partial charge < -0.3 is 15.7 Å². The van der Waals surface area contributed by atoms with Crippen LogP contribution in [0.15, 0.2) is 60.7 Å². The molecule has 2 amide bonds. The molecule has 25 heavy (non-hydrogen) atoms. The van der Waals surface area contributed by atoms with E-state index in [9.17, 15) is 9.90 Å². The smallest absolute Gasteiger partial charge is 0.319 e. The molecule has 6 heteroatoms. The van der Waals surface area contributed by atoms with Crippen LogP contribution in [0, 0.1) is 0 Å². The van der Waals surface area contributed by atoms with Gasteiger partial charge in [-0.25, -0.2) is 4.79 Å². The van der Waals surface area contributed by atoms with Crippen molar-refractivity contribution >= 4 is 45.7 Å². The van der Waals surface area contributed by atoms with E-state index in [1.807, 2.05) is 42.5 Å². The average Bonchev–Trinajstić information content (AvgIpc) is 2.60. The van der Waals surface area contributed by atoms with Gasteiger partial charge in [0.15, 0.2) is 0 Å². The summed E-state index contributed by atoms with van der Waals surface area (Å²) < 4.78 is 0. The Morgan fingerprint density at radius 2 is 1.80 bits per heavy atom. The van der Waals surface area contributed by atoms with Gasteiger partial charge in [-0.15, -0.1) is 0 Å². The lowest BCUT2D eigenvalue weighted by atomic mass is 10.1. The molecule has 3 N–H and O–H groups in total. The van der Waals surface area contributed by atoms with Crippen LogP contribution in [0.2, 0.25) is 10.0 Å². The number of carbonyl (C=O) groups excluding carboxylic acids is 1. The minimum absolute atomic E-state index is 0.0257. The van der Waals surface area contributed by atoms with E-state index in [-0.39, 0.29) is 6.54 Å². The summed E-state index contributed by atoms with van der Waals surface area (Å²) in [5.74, 6) is 0. The maximum absolute atomic E-state index is 12.1. The number of rotatable bonds is 4. The number of aliphatic hydroxyl groups excluding tert-OH is 1. The Morgan fingerprint density at radius 3 is 2.60 bits per heavy atom. The first kappa shape index (κ1) is 17.5. The van der Waals surface area contributed by atoms with Gasteiger partial charge >= 0.3 is 6.03 Å². The van der Waals surface area contributed by atoms with Crippen LogP contribution in [0.3, 0.4) is 0 Å². The number of hydrogen-bond donors (Lipinski definition) is 3. The highest BCUT2D eigenvalue weighted by Gasteiger charge is 2.13. The SMILES string of the molecule is O=C(NCC(O)c1ccc(Cl)cc1Cl)Nc1cccc2ccccc12. The van der Waals surface area contributed by atoms with E-state index in [1.165, 1.54) is 0 Å². The van der Waals surface area contributed by atoms with Crippen molar-refractivity contribution in [3.63, 3.8) is 0 Å². The van der Waals surface area contributed by atoms with E-state index in [0.29, 0.717) is 21.3 Å². The summed E-state index contributed by atoms with van der Waals surface area (Å²) in [5.41, 5.74) is 1.21. The van der Waals surface area contributed by atoms with Crippen molar-refractivity contribution in [2.45, 2.75) is 6.10 Å². The van der Waals surface area contributed by atoms with Crippen molar-refractivity contribution in [2.75, 3.05) is 11.9 Å². The third-order valence-electron chi connectivity index (χ3n) is 3.82. The summed E-state index contributed by atoms with van der Waals surface area (Å²) in [6.45, 7) is 0.0257. The standard InChI is InChI=1S/C19H16Cl2N2O2/c20-13-8-9-15(16(21)10-13)18(24)11-22-19(25)23-17-7-3-5-12-4-1-2-6-14(12)17/h1-10,18,24H,11H2,(H2,22,23,25). The number of urea groups is 1. The Kier molecular flexibility index (Phi) is 5.43. The predicted molar refractivity (Wildman–Crippen MR) is 102 cm³/mol. The van der Waals surface area contributed by atoms with Gasteiger partial charge in [0.05, 0.1) is 11.8 Å². The van der Waals surface area contributed by atoms with Crippen LogP contribution in [0.1, 0.15) is 11.7 Å². The molecule has 0 saturated heterocycles. The maximum atomic E-state index is 12.1. The summed E-state index contributed by atoms with van der Waals surface area (Å²) in [5, 5.41) is 18.5. The van der Waals surface area contributed by atoms with Crippen molar-refractivity contribution in [2.24, 2.45) is 0 Å². The number of amides is 2. The van der Waals surface area contributed by atoms with Gasteiger partial charge in [-0.1, -0.05) is 65.7 Å². The molecule has 0 radical (unpaired) electrons. The van der Waals surface area contributed by atoms with Gasteiger partial charge in [0.25, 0.3) is 0 Å². The summed E-state index contributed by atoms with van der Waals surface area (Å²) in [7, 11) is 0. The van der Waals surface area contributed by atoms with Gasteiger partial charge in [0.2, 0.25) is 0 Å². The Bertz CT molecular complexity index is 910. The normalized spacial score (nSPS) is 12.0. The number of halogens is 2. The number of aliphatic hydroxyl groups is 1. The fourth-order valence-corrected chi connectivity index (χ4v) is 3.11. The molecule has 0 saturated carbocycles. The molecule has 1 atom stereocenters. The second kappa shape index (κ2) is 7.74. The van der Waals surface area contributed by atoms with Crippen molar-refractivity contribution < 1.29 is 9.90 Å². The van der Waals surface area contributed by atoms with Crippen molar-refractivity contribution in [3.05, 3.63) is 76.3 Å². The van der Waals surface area contributed by atoms with Crippen molar-refractivity contribution in [1.82, 2.24) is 5.32 Å². The third kappa shape index (κ3) is 4.23. The number of hydrogen-bond acceptors (Lipinski definition) is 2. The minimum atomic E-state index is -0.928. The van der Waals surface area contributed by atoms with Crippen LogP contribution < -0.4 is 10.6 Å². The highest BCUT2D eigenvalue weighted by atomic mass is 35.5. The van der Waals surface area contributed by atoms with Crippen LogP contribution >= 0.6 is 23.2 Å². The number of benzene rings is 3. The number of nitrogens with one attached hydrogen (secondary N) is 2. The molecular formula is C19H16Cl2N2O2. The van der Waals surface area contributed by atoms with Crippen LogP contribution in [0.25, 0.3) is 10.8 Å². The van der Waals surface area contributed by atoms with Gasteiger partial charge in [0.1, 0.15) is 0 Å². The summed E-state index contributed by atoms with van der Waals surface area (Å²) in [4.78, 5) is 12.1. The molecule has 0 spiro atoms. The fraction of sp³-hybridized carbons (Fsp3) is 0.105. The third-order valence-corrected chi connectivity index (χ3v) is 4.38. The van der Waals surface area contributed by atoms with Gasteiger partial charge in [-0.05, 0) is 23.6 Å². The van der Waals surface area contributed by atoms with Crippen molar-refractivity contribution in [3.8, 4) is 0 Å². The number of anilines is 1. The molecular weight excluding hydrogens is 359 g/mol. The van der Waals surface area contributed by atoms with E-state index >= 15 is 0 Å². The monoisotopic (exact) mass is 374 g/mol. The van der Waals surface area contributed by atoms with Gasteiger partial charge in [0, 0.05) is 27.5 Å². The molecule has 0 aliphatic rings. The maximum Gasteiger partial charge on any atom is 0.319 e. The second-order valence-corrected chi connectivity index (χ2v) is 6.39. The molecule has 0 bridgehead atoms. The number of fused-ring (bicyclic) bond motifs is 1. The zero-order valence-electron chi connectivity index (χ0n) is 13.2. The Hall–Kier alpha value is -2.27. The Morgan fingerprint density at radius 1 is 1.04 bits per heavy atom. The quantitative estimate of drug-likeness (QED) is 0.601. The highest BCUT2D eigenvalue weighted by molar-refractivity contribution is 6.35. The van der Waals surface area contributed by atoms with Gasteiger partial charge in [-0.2, -0.15) is 0 Å². The molecule has 3 rings (SSSR count). The molecule has 0 fully saturated rings. The molecule has 4 nitrogen and oxygen atoms in total. The molecule has 0 aliphatic heterocycles. The fourth-order valence-electron chi connectivity index (χ4n) is 2.57. The van der Waals surface area contributed by atoms with E-state index in [1.54, 1.807) is 18.2 Å². The molecule has 0 aromatic heterocycles. The first-order valence-corrected chi connectivity index (χ1v) is 8.46. The lowest BCUT2D eigenvalue weighted by Gasteiger charge is -2.15. The average molecular weight is 375 g/mol. The topological polar surface area (TPSA) is 61.4 Å². The second-order valence-electron chi connectivity index (χ2n) is 5.54. The van der Waals surface area contributed by atoms with Crippen molar-refractivity contribution in [1.29, 1.82) is 0 Å². The van der Waals surface area contributed by atoms with E-state index < -0.39 is 12.1 Å². The first-order valence-electron chi connectivity index (χ1n) is 7.70. The zero-order valence-corrected chi connectivity index (χ0v) is 14.7. The molecule has 0 aliphatic carbocycles. The van der Waals surface area contributed by atoms with Crippen LogP contribution in [0.4, 0.5) is 10.5 Å². The van der Waals surface area contributed by atoms with Crippen LogP contribution in [0.5, 0.6) is 0 Å². The molecule has 0 heterocycles. The Balaban J connectivity index is 1.64. The largest absolute Gasteiger partial charge is 0.387 e. The summed E-state index contributed by atoms with van der Waals surface area (Å²) >= 11 is 11.9. The summed E-state index contributed by atoms with van der Waals surface area (Å²) in [6, 6.07) is 17.9. The van der Waals surface area contributed by atoms with E-state index in [0.717, 1.165) is 10.8 Å². The minimum Gasteiger partial charge on any atom is -0.387 e. The van der Waals surface area contributed by atoms with Gasteiger partial charge in [-0.3, -0.25) is 0 Å². The lowest BCUT2D eigenvalue weighted by molar-refractivity contribution is 0.175. The van der Waals surface area contributed by atoms with E-state index in [4.69, 9.17) is 23.2 Å². The molecule has 1 unspecified atom stereocenters. The summed E-state index contributed by atoms with van der Waals surface area (Å²) in [6.07, 6.45) is -0.928. The highest BCUT2D eigenvalue weighted by Crippen LogP contribution is 2.26. The lowest BCUT2D eigenvalue weighted by Crippen LogP contribution is -2.32. The van der Waals surface area contributed by atoms with Crippen LogP contribution in [-0.2, 0) is 0 Å². The first-order chi connectivity index (χ1) is 12.0. The molecule has 3 aromatic carbocycles. The zero-order chi connectivity index (χ0) is 17.8. The number of carbonyl (C=O) groups is 1. The molecule has 3 aromatic rings. The van der Waals surface area contributed by atoms with Crippen LogP contribution in [-0.4, -0.2) is 17.7 Å². The Labute approximate surface area is 155 Å².